The van der Waals surface area contributed by atoms with Gasteiger partial charge >= 0.3 is 5.69 Å². The van der Waals surface area contributed by atoms with Gasteiger partial charge in [0.05, 0.1) is 5.52 Å². The van der Waals surface area contributed by atoms with Crippen LogP contribution in [0.1, 0.15) is 6.42 Å². The van der Waals surface area contributed by atoms with Crippen LogP contribution in [0.15, 0.2) is 21.0 Å². The summed E-state index contributed by atoms with van der Waals surface area (Å²) in [6.45, 7) is 0.457. The summed E-state index contributed by atoms with van der Waals surface area (Å²) in [6, 6.07) is 1.64. The van der Waals surface area contributed by atoms with E-state index >= 15 is 0 Å². The van der Waals surface area contributed by atoms with Gasteiger partial charge in [-0.3, -0.25) is 18.7 Å². The summed E-state index contributed by atoms with van der Waals surface area (Å²) >= 11 is 1.24. The summed E-state index contributed by atoms with van der Waals surface area (Å²) in [7, 11) is 1.55. The van der Waals surface area contributed by atoms with Crippen LogP contribution >= 0.6 is 11.3 Å². The maximum atomic E-state index is 12.3. The lowest BCUT2D eigenvalue weighted by molar-refractivity contribution is -0.118. The SMILES string of the molecule is COCCCn1c(=O)c2sccc2n(CC(N)=O)c1=O. The molecule has 0 aliphatic heterocycles. The molecule has 1 amide bonds. The number of aromatic nitrogens is 2. The Morgan fingerprint density at radius 2 is 2.15 bits per heavy atom. The first-order valence-corrected chi connectivity index (χ1v) is 6.92. The zero-order valence-electron chi connectivity index (χ0n) is 11.0. The molecule has 2 rings (SSSR count). The zero-order chi connectivity index (χ0) is 14.7. The molecule has 2 heterocycles. The summed E-state index contributed by atoms with van der Waals surface area (Å²) < 4.78 is 7.73. The molecule has 0 saturated heterocycles. The molecule has 2 aromatic heterocycles. The Kier molecular flexibility index (Phi) is 4.35. The molecule has 7 nitrogen and oxygen atoms in total. The molecule has 2 aromatic rings. The van der Waals surface area contributed by atoms with Crippen molar-refractivity contribution in [1.82, 2.24) is 9.13 Å². The molecular weight excluding hydrogens is 282 g/mol. The Bertz CT molecular complexity index is 743. The summed E-state index contributed by atoms with van der Waals surface area (Å²) in [5.74, 6) is -0.623. The molecule has 0 radical (unpaired) electrons. The van der Waals surface area contributed by atoms with E-state index in [1.165, 1.54) is 15.9 Å². The number of hydrogen-bond acceptors (Lipinski definition) is 5. The first-order valence-electron chi connectivity index (χ1n) is 6.04. The lowest BCUT2D eigenvalue weighted by atomic mass is 10.4. The van der Waals surface area contributed by atoms with Gasteiger partial charge in [0.15, 0.2) is 0 Å². The fourth-order valence-electron chi connectivity index (χ4n) is 2.01. The highest BCUT2D eigenvalue weighted by atomic mass is 32.1. The van der Waals surface area contributed by atoms with E-state index in [0.717, 1.165) is 4.57 Å². The van der Waals surface area contributed by atoms with Crippen LogP contribution in [0.5, 0.6) is 0 Å². The van der Waals surface area contributed by atoms with Gasteiger partial charge in [0.1, 0.15) is 11.2 Å². The minimum absolute atomic E-state index is 0.239. The summed E-state index contributed by atoms with van der Waals surface area (Å²) in [6.07, 6.45) is 0.541. The number of ether oxygens (including phenoxy) is 1. The number of rotatable bonds is 6. The van der Waals surface area contributed by atoms with Crippen molar-refractivity contribution in [2.45, 2.75) is 19.5 Å². The van der Waals surface area contributed by atoms with Crippen molar-refractivity contribution in [3.05, 3.63) is 32.3 Å². The minimum Gasteiger partial charge on any atom is -0.385 e. The van der Waals surface area contributed by atoms with Gasteiger partial charge in [-0.1, -0.05) is 0 Å². The molecule has 0 aliphatic rings. The molecule has 0 bridgehead atoms. The highest BCUT2D eigenvalue weighted by Crippen LogP contribution is 2.15. The third-order valence-electron chi connectivity index (χ3n) is 2.88. The van der Waals surface area contributed by atoms with Crippen LogP contribution in [0.2, 0.25) is 0 Å². The Balaban J connectivity index is 2.59. The highest BCUT2D eigenvalue weighted by molar-refractivity contribution is 7.17. The maximum absolute atomic E-state index is 12.3. The first kappa shape index (κ1) is 14.5. The molecule has 0 saturated carbocycles. The van der Waals surface area contributed by atoms with Crippen molar-refractivity contribution < 1.29 is 9.53 Å². The van der Waals surface area contributed by atoms with Crippen LogP contribution in [-0.2, 0) is 22.6 Å². The topological polar surface area (TPSA) is 96.3 Å². The normalized spacial score (nSPS) is 11.1. The molecule has 2 N–H and O–H groups in total. The number of carbonyl (C=O) groups is 1. The Morgan fingerprint density at radius 3 is 2.80 bits per heavy atom. The van der Waals surface area contributed by atoms with Crippen LogP contribution in [0.4, 0.5) is 0 Å². The van der Waals surface area contributed by atoms with E-state index in [4.69, 9.17) is 10.5 Å². The van der Waals surface area contributed by atoms with Crippen molar-refractivity contribution in [3.8, 4) is 0 Å². The number of thiophene rings is 1. The average molecular weight is 297 g/mol. The predicted molar refractivity (Wildman–Crippen MR) is 76.0 cm³/mol. The maximum Gasteiger partial charge on any atom is 0.332 e. The van der Waals surface area contributed by atoms with Crippen molar-refractivity contribution in [3.63, 3.8) is 0 Å². The number of methoxy groups -OCH3 is 1. The van der Waals surface area contributed by atoms with Crippen molar-refractivity contribution in [2.75, 3.05) is 13.7 Å². The van der Waals surface area contributed by atoms with Crippen LogP contribution in [0.25, 0.3) is 10.2 Å². The highest BCUT2D eigenvalue weighted by Gasteiger charge is 2.15. The van der Waals surface area contributed by atoms with Crippen LogP contribution in [0.3, 0.4) is 0 Å². The van der Waals surface area contributed by atoms with E-state index < -0.39 is 11.6 Å². The quantitative estimate of drug-likeness (QED) is 0.743. The predicted octanol–water partition coefficient (Wildman–Crippen LogP) is -0.253. The third kappa shape index (κ3) is 2.66. The van der Waals surface area contributed by atoms with Gasteiger partial charge in [-0.05, 0) is 17.9 Å². The number of primary amides is 1. The van der Waals surface area contributed by atoms with Crippen LogP contribution in [0, 0.1) is 0 Å². The summed E-state index contributed by atoms with van der Waals surface area (Å²) in [5, 5.41) is 1.71. The van der Waals surface area contributed by atoms with Crippen molar-refractivity contribution >= 4 is 27.5 Å². The first-order chi connectivity index (χ1) is 9.56. The summed E-state index contributed by atoms with van der Waals surface area (Å²) in [4.78, 5) is 35.7. The summed E-state index contributed by atoms with van der Waals surface area (Å²) in [5.41, 5.74) is 4.76. The zero-order valence-corrected chi connectivity index (χ0v) is 11.8. The standard InChI is InChI=1S/C12H15N3O4S/c1-19-5-2-4-14-11(17)10-8(3-6-20-10)15(12(14)18)7-9(13)16/h3,6H,2,4-5,7H2,1H3,(H2,13,16). The second-order valence-corrected chi connectivity index (χ2v) is 5.19. The van der Waals surface area contributed by atoms with Crippen LogP contribution in [-0.4, -0.2) is 28.8 Å². The molecule has 0 aromatic carbocycles. The van der Waals surface area contributed by atoms with Crippen LogP contribution < -0.4 is 17.0 Å². The number of amides is 1. The largest absolute Gasteiger partial charge is 0.385 e. The fourth-order valence-corrected chi connectivity index (χ4v) is 2.85. The van der Waals surface area contributed by atoms with Gasteiger partial charge in [0.2, 0.25) is 5.91 Å². The van der Waals surface area contributed by atoms with E-state index in [9.17, 15) is 14.4 Å². The number of fused-ring (bicyclic) bond motifs is 1. The lowest BCUT2D eigenvalue weighted by Gasteiger charge is -2.10. The lowest BCUT2D eigenvalue weighted by Crippen LogP contribution is -2.41. The van der Waals surface area contributed by atoms with Gasteiger partial charge in [-0.2, -0.15) is 0 Å². The Morgan fingerprint density at radius 1 is 1.40 bits per heavy atom. The molecular formula is C12H15N3O4S. The Labute approximate surface area is 118 Å². The average Bonchev–Trinajstić information content (AvgIpc) is 2.88. The van der Waals surface area contributed by atoms with Crippen molar-refractivity contribution in [2.24, 2.45) is 5.73 Å². The van der Waals surface area contributed by atoms with E-state index in [0.29, 0.717) is 23.2 Å². The number of nitrogens with two attached hydrogens (primary N) is 1. The van der Waals surface area contributed by atoms with Gasteiger partial charge < -0.3 is 10.5 Å². The third-order valence-corrected chi connectivity index (χ3v) is 3.77. The number of carbonyl (C=O) groups excluding carboxylic acids is 1. The number of hydrogen-bond donors (Lipinski definition) is 1. The molecule has 108 valence electrons. The molecule has 0 unspecified atom stereocenters. The minimum atomic E-state index is -0.623. The molecule has 8 heteroatoms. The van der Waals surface area contributed by atoms with E-state index in [-0.39, 0.29) is 18.6 Å². The second kappa shape index (κ2) is 6.02. The Hall–Kier alpha value is -1.93. The number of nitrogens with zero attached hydrogens (tertiary/aromatic N) is 2. The van der Waals surface area contributed by atoms with E-state index in [1.807, 2.05) is 0 Å². The molecule has 0 spiro atoms. The second-order valence-electron chi connectivity index (χ2n) is 4.27. The molecule has 0 fully saturated rings. The monoisotopic (exact) mass is 297 g/mol. The fraction of sp³-hybridized carbons (Fsp3) is 0.417. The van der Waals surface area contributed by atoms with Gasteiger partial charge in [0, 0.05) is 20.3 Å². The van der Waals surface area contributed by atoms with Crippen molar-refractivity contribution in [1.29, 1.82) is 0 Å². The molecule has 20 heavy (non-hydrogen) atoms. The van der Waals surface area contributed by atoms with Gasteiger partial charge in [-0.25, -0.2) is 4.79 Å². The molecule has 0 atom stereocenters. The van der Waals surface area contributed by atoms with Gasteiger partial charge in [0.25, 0.3) is 5.56 Å². The van der Waals surface area contributed by atoms with E-state index in [1.54, 1.807) is 18.6 Å². The molecule has 0 aliphatic carbocycles. The van der Waals surface area contributed by atoms with E-state index in [2.05, 4.69) is 0 Å². The smallest absolute Gasteiger partial charge is 0.332 e. The van der Waals surface area contributed by atoms with Gasteiger partial charge in [-0.15, -0.1) is 11.3 Å².